The average Bonchev–Trinajstić information content (AvgIpc) is 3.00. The van der Waals surface area contributed by atoms with Crippen molar-refractivity contribution in [3.05, 3.63) is 101 Å². The highest BCUT2D eigenvalue weighted by atomic mass is 16.5. The van der Waals surface area contributed by atoms with Crippen LogP contribution in [0.3, 0.4) is 0 Å². The quantitative estimate of drug-likeness (QED) is 0.494. The normalized spacial score (nSPS) is 19.8. The molecule has 3 aromatic rings. The van der Waals surface area contributed by atoms with Gasteiger partial charge < -0.3 is 15.4 Å². The van der Waals surface area contributed by atoms with Crippen LogP contribution in [0.25, 0.3) is 0 Å². The van der Waals surface area contributed by atoms with Gasteiger partial charge in [0.2, 0.25) is 0 Å². The lowest BCUT2D eigenvalue weighted by Crippen LogP contribution is -2.26. The molecule has 2 aliphatic rings. The monoisotopic (exact) mass is 424 g/mol. The molecule has 4 nitrogen and oxygen atoms in total. The molecule has 32 heavy (non-hydrogen) atoms. The van der Waals surface area contributed by atoms with Crippen molar-refractivity contribution in [3.8, 4) is 5.75 Å². The first-order chi connectivity index (χ1) is 15.7. The number of ether oxygens (including phenoxy) is 1. The van der Waals surface area contributed by atoms with Crippen molar-refractivity contribution < 1.29 is 9.53 Å². The summed E-state index contributed by atoms with van der Waals surface area (Å²) in [5.41, 5.74) is 6.15. The number of ketones is 1. The number of hydrogen-bond donors (Lipinski definition) is 2. The summed E-state index contributed by atoms with van der Waals surface area (Å²) in [6.07, 6.45) is 2.31. The number of carbonyl (C=O) groups excluding carboxylic acids is 1. The van der Waals surface area contributed by atoms with Gasteiger partial charge in [-0.2, -0.15) is 0 Å². The zero-order valence-corrected chi connectivity index (χ0v) is 18.3. The zero-order valence-electron chi connectivity index (χ0n) is 18.3. The highest BCUT2D eigenvalue weighted by Gasteiger charge is 2.35. The van der Waals surface area contributed by atoms with Crippen molar-refractivity contribution in [1.29, 1.82) is 0 Å². The molecule has 2 N–H and O–H groups in total. The largest absolute Gasteiger partial charge is 0.494 e. The van der Waals surface area contributed by atoms with Gasteiger partial charge in [0.25, 0.3) is 0 Å². The van der Waals surface area contributed by atoms with Gasteiger partial charge in [-0.1, -0.05) is 61.5 Å². The summed E-state index contributed by atoms with van der Waals surface area (Å²) in [4.78, 5) is 13.5. The Hall–Kier alpha value is -3.53. The van der Waals surface area contributed by atoms with E-state index in [4.69, 9.17) is 4.74 Å². The van der Waals surface area contributed by atoms with Crippen LogP contribution < -0.4 is 15.4 Å². The third kappa shape index (κ3) is 4.01. The van der Waals surface area contributed by atoms with Crippen molar-refractivity contribution >= 4 is 17.2 Å². The first kappa shape index (κ1) is 20.4. The van der Waals surface area contributed by atoms with E-state index in [1.165, 1.54) is 5.56 Å². The summed E-state index contributed by atoms with van der Waals surface area (Å²) in [7, 11) is 0. The molecule has 5 rings (SSSR count). The molecular formula is C28H28N2O2. The first-order valence-corrected chi connectivity index (χ1v) is 11.4. The predicted molar refractivity (Wildman–Crippen MR) is 129 cm³/mol. The van der Waals surface area contributed by atoms with Gasteiger partial charge in [-0.3, -0.25) is 4.79 Å². The molecule has 162 valence electrons. The molecule has 0 amide bonds. The molecule has 4 heteroatoms. The van der Waals surface area contributed by atoms with Crippen molar-refractivity contribution in [1.82, 2.24) is 0 Å². The number of Topliss-reactive ketones (excluding diaryl/α,β-unsaturated/α-hetero) is 1. The molecule has 0 bridgehead atoms. The van der Waals surface area contributed by atoms with Crippen LogP contribution in [-0.4, -0.2) is 12.4 Å². The van der Waals surface area contributed by atoms with Gasteiger partial charge in [0, 0.05) is 17.7 Å². The van der Waals surface area contributed by atoms with E-state index in [0.29, 0.717) is 13.0 Å². The van der Waals surface area contributed by atoms with Crippen LogP contribution in [0.5, 0.6) is 5.75 Å². The van der Waals surface area contributed by atoms with Gasteiger partial charge in [0.1, 0.15) is 5.75 Å². The highest BCUT2D eigenvalue weighted by Crippen LogP contribution is 2.44. The molecule has 3 aromatic carbocycles. The molecule has 0 radical (unpaired) electrons. The van der Waals surface area contributed by atoms with E-state index in [1.807, 2.05) is 42.5 Å². The fraction of sp³-hybridized carbons (Fsp3) is 0.250. The molecule has 0 fully saturated rings. The van der Waals surface area contributed by atoms with Crippen LogP contribution in [0.15, 0.2) is 90.1 Å². The first-order valence-electron chi connectivity index (χ1n) is 11.4. The minimum Gasteiger partial charge on any atom is -0.494 e. The number of rotatable bonds is 5. The number of nitrogens with one attached hydrogen (secondary N) is 2. The number of carbonyl (C=O) groups is 1. The number of hydrogen-bond acceptors (Lipinski definition) is 4. The molecule has 1 aliphatic carbocycles. The Morgan fingerprint density at radius 3 is 2.31 bits per heavy atom. The third-order valence-corrected chi connectivity index (χ3v) is 6.27. The van der Waals surface area contributed by atoms with E-state index in [0.717, 1.165) is 46.8 Å². The number of fused-ring (bicyclic) bond motifs is 1. The van der Waals surface area contributed by atoms with E-state index in [1.54, 1.807) is 0 Å². The van der Waals surface area contributed by atoms with Crippen LogP contribution in [0, 0.1) is 0 Å². The molecule has 1 aliphatic heterocycles. The number of para-hydroxylation sites is 2. The molecule has 0 saturated carbocycles. The maximum absolute atomic E-state index is 13.5. The van der Waals surface area contributed by atoms with Gasteiger partial charge in [-0.25, -0.2) is 0 Å². The summed E-state index contributed by atoms with van der Waals surface area (Å²) >= 11 is 0. The number of anilines is 2. The van der Waals surface area contributed by atoms with Crippen molar-refractivity contribution in [2.45, 2.75) is 38.1 Å². The molecule has 0 saturated heterocycles. The molecule has 1 heterocycles. The van der Waals surface area contributed by atoms with E-state index < -0.39 is 0 Å². The SMILES string of the molecule is CCCOc1ccc(C2Nc3ccccc3NC3=C2C(=O)CC(c2ccccc2)C3)cc1. The standard InChI is InChI=1S/C28H28N2O2/c1-2-16-32-22-14-12-20(13-15-22)28-27-25(29-23-10-6-7-11-24(23)30-28)17-21(18-26(27)31)19-8-4-3-5-9-19/h3-15,21,28-30H,2,16-18H2,1H3. The van der Waals surface area contributed by atoms with Crippen LogP contribution >= 0.6 is 0 Å². The zero-order chi connectivity index (χ0) is 21.9. The van der Waals surface area contributed by atoms with Gasteiger partial charge >= 0.3 is 0 Å². The summed E-state index contributed by atoms with van der Waals surface area (Å²) in [6, 6.07) is 26.5. The van der Waals surface area contributed by atoms with E-state index >= 15 is 0 Å². The van der Waals surface area contributed by atoms with Crippen LogP contribution in [0.4, 0.5) is 11.4 Å². The molecule has 0 aromatic heterocycles. The summed E-state index contributed by atoms with van der Waals surface area (Å²) in [5, 5.41) is 7.24. The predicted octanol–water partition coefficient (Wildman–Crippen LogP) is 6.45. The minimum atomic E-state index is -0.203. The second-order valence-electron chi connectivity index (χ2n) is 8.50. The van der Waals surface area contributed by atoms with Crippen LogP contribution in [0.2, 0.25) is 0 Å². The molecule has 2 atom stereocenters. The van der Waals surface area contributed by atoms with E-state index in [2.05, 4.69) is 54.0 Å². The molecular weight excluding hydrogens is 396 g/mol. The lowest BCUT2D eigenvalue weighted by molar-refractivity contribution is -0.116. The highest BCUT2D eigenvalue weighted by molar-refractivity contribution is 6.01. The Labute approximate surface area is 189 Å². The Bertz CT molecular complexity index is 1140. The Morgan fingerprint density at radius 2 is 1.56 bits per heavy atom. The van der Waals surface area contributed by atoms with Crippen LogP contribution in [-0.2, 0) is 4.79 Å². The van der Waals surface area contributed by atoms with Gasteiger partial charge in [0.05, 0.1) is 24.0 Å². The van der Waals surface area contributed by atoms with Crippen LogP contribution in [0.1, 0.15) is 49.3 Å². The third-order valence-electron chi connectivity index (χ3n) is 6.27. The smallest absolute Gasteiger partial charge is 0.163 e. The molecule has 2 unspecified atom stereocenters. The second-order valence-corrected chi connectivity index (χ2v) is 8.50. The maximum atomic E-state index is 13.5. The van der Waals surface area contributed by atoms with E-state index in [-0.39, 0.29) is 17.7 Å². The molecule has 0 spiro atoms. The fourth-order valence-electron chi connectivity index (χ4n) is 4.68. The Morgan fingerprint density at radius 1 is 0.844 bits per heavy atom. The maximum Gasteiger partial charge on any atom is 0.163 e. The van der Waals surface area contributed by atoms with E-state index in [9.17, 15) is 4.79 Å². The summed E-state index contributed by atoms with van der Waals surface area (Å²) in [5.74, 6) is 1.24. The average molecular weight is 425 g/mol. The summed E-state index contributed by atoms with van der Waals surface area (Å²) < 4.78 is 5.76. The van der Waals surface area contributed by atoms with Gasteiger partial charge in [0.15, 0.2) is 5.78 Å². The number of benzene rings is 3. The van der Waals surface area contributed by atoms with Crippen molar-refractivity contribution in [2.24, 2.45) is 0 Å². The van der Waals surface area contributed by atoms with Crippen molar-refractivity contribution in [2.75, 3.05) is 17.2 Å². The van der Waals surface area contributed by atoms with Gasteiger partial charge in [-0.15, -0.1) is 0 Å². The van der Waals surface area contributed by atoms with Crippen molar-refractivity contribution in [3.63, 3.8) is 0 Å². The number of allylic oxidation sites excluding steroid dienone is 1. The topological polar surface area (TPSA) is 50.4 Å². The summed E-state index contributed by atoms with van der Waals surface area (Å²) in [6.45, 7) is 2.80. The lowest BCUT2D eigenvalue weighted by Gasteiger charge is -2.30. The Kier molecular flexibility index (Phi) is 5.68. The van der Waals surface area contributed by atoms with Gasteiger partial charge in [-0.05, 0) is 54.2 Å². The Balaban J connectivity index is 1.54. The minimum absolute atomic E-state index is 0.186. The lowest BCUT2D eigenvalue weighted by atomic mass is 9.78. The fourth-order valence-corrected chi connectivity index (χ4v) is 4.68. The second kappa shape index (κ2) is 8.91.